The summed E-state index contributed by atoms with van der Waals surface area (Å²) in [5, 5.41) is 3.98. The van der Waals surface area contributed by atoms with E-state index in [0.29, 0.717) is 28.7 Å². The highest BCUT2D eigenvalue weighted by Crippen LogP contribution is 2.19. The van der Waals surface area contributed by atoms with E-state index >= 15 is 0 Å². The van der Waals surface area contributed by atoms with Gasteiger partial charge in [-0.15, -0.1) is 0 Å². The Morgan fingerprint density at radius 2 is 1.88 bits per heavy atom. The summed E-state index contributed by atoms with van der Waals surface area (Å²) in [6.07, 6.45) is 5.36. The monoisotopic (exact) mass is 359 g/mol. The first-order valence-corrected chi connectivity index (χ1v) is 8.13. The van der Waals surface area contributed by atoms with Crippen molar-refractivity contribution < 1.29 is 4.79 Å². The minimum Gasteiger partial charge on any atom is -0.348 e. The molecular formula is C18H15Cl2N3O. The number of imidazole rings is 1. The van der Waals surface area contributed by atoms with Gasteiger partial charge in [0.2, 0.25) is 0 Å². The van der Waals surface area contributed by atoms with Crippen LogP contribution in [0.15, 0.2) is 61.2 Å². The van der Waals surface area contributed by atoms with E-state index in [0.717, 1.165) is 11.1 Å². The maximum atomic E-state index is 12.3. The molecule has 1 aromatic heterocycles. The molecule has 2 aromatic carbocycles. The maximum absolute atomic E-state index is 12.3. The molecule has 3 aromatic rings. The van der Waals surface area contributed by atoms with Crippen LogP contribution >= 0.6 is 23.2 Å². The van der Waals surface area contributed by atoms with Gasteiger partial charge in [0.05, 0.1) is 6.33 Å². The van der Waals surface area contributed by atoms with Crippen LogP contribution in [0.3, 0.4) is 0 Å². The summed E-state index contributed by atoms with van der Waals surface area (Å²) in [7, 11) is 0. The average molecular weight is 360 g/mol. The number of hydrogen-bond donors (Lipinski definition) is 1. The van der Waals surface area contributed by atoms with Crippen molar-refractivity contribution in [1.82, 2.24) is 14.9 Å². The van der Waals surface area contributed by atoms with Gasteiger partial charge in [-0.05, 0) is 41.5 Å². The summed E-state index contributed by atoms with van der Waals surface area (Å²) in [5.74, 6) is -0.140. The normalized spacial score (nSPS) is 10.6. The van der Waals surface area contributed by atoms with Gasteiger partial charge in [-0.25, -0.2) is 4.98 Å². The van der Waals surface area contributed by atoms with Crippen molar-refractivity contribution in [3.63, 3.8) is 0 Å². The van der Waals surface area contributed by atoms with Crippen LogP contribution in [0.25, 0.3) is 0 Å². The molecule has 0 bridgehead atoms. The highest BCUT2D eigenvalue weighted by atomic mass is 35.5. The molecule has 24 heavy (non-hydrogen) atoms. The molecule has 0 aliphatic heterocycles. The van der Waals surface area contributed by atoms with Gasteiger partial charge in [0.1, 0.15) is 0 Å². The van der Waals surface area contributed by atoms with E-state index in [1.54, 1.807) is 36.8 Å². The van der Waals surface area contributed by atoms with E-state index in [1.807, 2.05) is 29.0 Å². The Hall–Kier alpha value is -2.30. The van der Waals surface area contributed by atoms with Gasteiger partial charge >= 0.3 is 0 Å². The number of hydrogen-bond acceptors (Lipinski definition) is 2. The molecule has 0 saturated heterocycles. The third kappa shape index (κ3) is 4.37. The van der Waals surface area contributed by atoms with Crippen molar-refractivity contribution in [3.8, 4) is 0 Å². The van der Waals surface area contributed by atoms with E-state index in [4.69, 9.17) is 23.2 Å². The van der Waals surface area contributed by atoms with Crippen LogP contribution in [0.4, 0.5) is 0 Å². The van der Waals surface area contributed by atoms with Crippen LogP contribution in [0.2, 0.25) is 10.0 Å². The third-order valence-electron chi connectivity index (χ3n) is 3.49. The Bertz CT molecular complexity index is 827. The van der Waals surface area contributed by atoms with E-state index < -0.39 is 0 Å². The van der Waals surface area contributed by atoms with E-state index in [1.165, 1.54) is 0 Å². The van der Waals surface area contributed by atoms with Gasteiger partial charge in [-0.3, -0.25) is 4.79 Å². The number of halogens is 2. The molecule has 0 aliphatic carbocycles. The second kappa shape index (κ2) is 7.51. The molecule has 1 amide bonds. The SMILES string of the molecule is O=C(NCc1cc(Cl)cc(Cl)c1)c1cccc(Cn2ccnc2)c1. The molecule has 0 spiro atoms. The fraction of sp³-hybridized carbons (Fsp3) is 0.111. The van der Waals surface area contributed by atoms with E-state index in [9.17, 15) is 4.79 Å². The lowest BCUT2D eigenvalue weighted by Crippen LogP contribution is -2.23. The molecule has 4 nitrogen and oxygen atoms in total. The molecule has 0 unspecified atom stereocenters. The van der Waals surface area contributed by atoms with Crippen LogP contribution in [-0.4, -0.2) is 15.5 Å². The summed E-state index contributed by atoms with van der Waals surface area (Å²) >= 11 is 11.9. The molecule has 0 saturated carbocycles. The second-order valence-corrected chi connectivity index (χ2v) is 6.27. The third-order valence-corrected chi connectivity index (χ3v) is 3.93. The molecule has 0 aliphatic rings. The van der Waals surface area contributed by atoms with Crippen molar-refractivity contribution in [2.45, 2.75) is 13.1 Å². The number of benzene rings is 2. The van der Waals surface area contributed by atoms with Crippen molar-refractivity contribution in [1.29, 1.82) is 0 Å². The van der Waals surface area contributed by atoms with Crippen LogP contribution in [0, 0.1) is 0 Å². The van der Waals surface area contributed by atoms with Gasteiger partial charge < -0.3 is 9.88 Å². The topological polar surface area (TPSA) is 46.9 Å². The lowest BCUT2D eigenvalue weighted by molar-refractivity contribution is 0.0951. The Morgan fingerprint density at radius 3 is 2.58 bits per heavy atom. The zero-order chi connectivity index (χ0) is 16.9. The van der Waals surface area contributed by atoms with Crippen molar-refractivity contribution >= 4 is 29.1 Å². The van der Waals surface area contributed by atoms with E-state index in [2.05, 4.69) is 10.3 Å². The number of nitrogens with zero attached hydrogens (tertiary/aromatic N) is 2. The van der Waals surface area contributed by atoms with Gasteiger partial charge in [-0.2, -0.15) is 0 Å². The Kier molecular flexibility index (Phi) is 5.18. The first-order valence-electron chi connectivity index (χ1n) is 7.38. The van der Waals surface area contributed by atoms with Crippen molar-refractivity contribution in [2.75, 3.05) is 0 Å². The quantitative estimate of drug-likeness (QED) is 0.742. The Balaban J connectivity index is 1.66. The molecule has 0 atom stereocenters. The summed E-state index contributed by atoms with van der Waals surface area (Å²) in [6.45, 7) is 1.04. The molecule has 0 radical (unpaired) electrons. The predicted octanol–water partition coefficient (Wildman–Crippen LogP) is 4.17. The largest absolute Gasteiger partial charge is 0.348 e. The standard InChI is InChI=1S/C18H15Cl2N3O/c19-16-7-14(8-17(20)9-16)10-22-18(24)15-3-1-2-13(6-15)11-23-5-4-21-12-23/h1-9,12H,10-11H2,(H,22,24). The number of carbonyl (C=O) groups excluding carboxylic acids is 1. The number of carbonyl (C=O) groups is 1. The van der Waals surface area contributed by atoms with Crippen LogP contribution < -0.4 is 5.32 Å². The second-order valence-electron chi connectivity index (χ2n) is 5.40. The Morgan fingerprint density at radius 1 is 1.08 bits per heavy atom. The average Bonchev–Trinajstić information content (AvgIpc) is 3.05. The predicted molar refractivity (Wildman–Crippen MR) is 95.4 cm³/mol. The maximum Gasteiger partial charge on any atom is 0.251 e. The fourth-order valence-corrected chi connectivity index (χ4v) is 2.97. The van der Waals surface area contributed by atoms with Gasteiger partial charge in [0.15, 0.2) is 0 Å². The lowest BCUT2D eigenvalue weighted by Gasteiger charge is -2.08. The van der Waals surface area contributed by atoms with Crippen molar-refractivity contribution in [3.05, 3.63) is 87.9 Å². The molecule has 1 heterocycles. The van der Waals surface area contributed by atoms with Crippen molar-refractivity contribution in [2.24, 2.45) is 0 Å². The molecular weight excluding hydrogens is 345 g/mol. The van der Waals surface area contributed by atoms with Gasteiger partial charge in [0.25, 0.3) is 5.91 Å². The minimum absolute atomic E-state index is 0.140. The zero-order valence-corrected chi connectivity index (χ0v) is 14.3. The Labute approximate surface area is 150 Å². The summed E-state index contributed by atoms with van der Waals surface area (Å²) in [5.41, 5.74) is 2.50. The molecule has 1 N–H and O–H groups in total. The molecule has 6 heteroatoms. The van der Waals surface area contributed by atoms with Crippen LogP contribution in [0.5, 0.6) is 0 Å². The molecule has 122 valence electrons. The van der Waals surface area contributed by atoms with E-state index in [-0.39, 0.29) is 5.91 Å². The van der Waals surface area contributed by atoms with Crippen LogP contribution in [0.1, 0.15) is 21.5 Å². The number of nitrogens with one attached hydrogen (secondary N) is 1. The molecule has 0 fully saturated rings. The zero-order valence-electron chi connectivity index (χ0n) is 12.7. The number of aromatic nitrogens is 2. The summed E-state index contributed by atoms with van der Waals surface area (Å²) < 4.78 is 1.95. The lowest BCUT2D eigenvalue weighted by atomic mass is 10.1. The van der Waals surface area contributed by atoms with Gasteiger partial charge in [0, 0.05) is 41.1 Å². The van der Waals surface area contributed by atoms with Crippen LogP contribution in [-0.2, 0) is 13.1 Å². The summed E-state index contributed by atoms with van der Waals surface area (Å²) in [6, 6.07) is 12.7. The first-order chi connectivity index (χ1) is 11.6. The minimum atomic E-state index is -0.140. The first kappa shape index (κ1) is 16.6. The number of amides is 1. The summed E-state index contributed by atoms with van der Waals surface area (Å²) in [4.78, 5) is 16.4. The smallest absolute Gasteiger partial charge is 0.251 e. The highest BCUT2D eigenvalue weighted by Gasteiger charge is 2.07. The molecule has 3 rings (SSSR count). The van der Waals surface area contributed by atoms with Gasteiger partial charge in [-0.1, -0.05) is 35.3 Å². The number of rotatable bonds is 5. The highest BCUT2D eigenvalue weighted by molar-refractivity contribution is 6.34. The fourth-order valence-electron chi connectivity index (χ4n) is 2.40.